The Morgan fingerprint density at radius 3 is 2.23 bits per heavy atom. The lowest BCUT2D eigenvalue weighted by molar-refractivity contribution is -0.142. The van der Waals surface area contributed by atoms with Crippen LogP contribution in [0.15, 0.2) is 29.6 Å². The summed E-state index contributed by atoms with van der Waals surface area (Å²) in [5.74, 6) is -0.962. The van der Waals surface area contributed by atoms with Crippen molar-refractivity contribution in [3.63, 3.8) is 0 Å². The molecule has 0 aliphatic rings. The fourth-order valence-corrected chi connectivity index (χ4v) is 4.20. The van der Waals surface area contributed by atoms with Gasteiger partial charge in [-0.25, -0.2) is 0 Å². The zero-order chi connectivity index (χ0) is 26.7. The maximum Gasteiger partial charge on any atom is 0.243 e. The molecular formula is C24H41N7O4. The fourth-order valence-electron chi connectivity index (χ4n) is 4.20. The molecule has 0 aromatic carbocycles. The Bertz CT molecular complexity index is 867. The van der Waals surface area contributed by atoms with Crippen LogP contribution < -0.4 is 10.6 Å². The molecule has 35 heavy (non-hydrogen) atoms. The van der Waals surface area contributed by atoms with Crippen molar-refractivity contribution in [3.8, 4) is 0 Å². The minimum Gasteiger partial charge on any atom is -0.379 e. The lowest BCUT2D eigenvalue weighted by Crippen LogP contribution is -2.60. The molecule has 1 heterocycles. The molecule has 11 nitrogen and oxygen atoms in total. The first kappa shape index (κ1) is 30.2. The average Bonchev–Trinajstić information content (AvgIpc) is 3.36. The molecule has 11 heteroatoms. The van der Waals surface area contributed by atoms with Crippen molar-refractivity contribution in [1.82, 2.24) is 20.1 Å². The normalized spacial score (nSPS) is 16.4. The second kappa shape index (κ2) is 14.5. The molecule has 0 radical (unpaired) electrons. The van der Waals surface area contributed by atoms with Gasteiger partial charge >= 0.3 is 0 Å². The number of aromatic nitrogens is 1. The van der Waals surface area contributed by atoms with Crippen molar-refractivity contribution in [2.24, 2.45) is 17.0 Å². The second-order valence-corrected chi connectivity index (χ2v) is 9.23. The zero-order valence-corrected chi connectivity index (χ0v) is 22.1. The molecule has 0 fully saturated rings. The van der Waals surface area contributed by atoms with Gasteiger partial charge in [0.1, 0.15) is 6.04 Å². The van der Waals surface area contributed by atoms with E-state index in [1.807, 2.05) is 27.7 Å². The van der Waals surface area contributed by atoms with E-state index in [0.29, 0.717) is 0 Å². The van der Waals surface area contributed by atoms with Crippen LogP contribution in [-0.4, -0.2) is 78.7 Å². The third-order valence-corrected chi connectivity index (χ3v) is 6.51. The number of nitrogens with zero attached hydrogens (tertiary/aromatic N) is 5. The van der Waals surface area contributed by atoms with Crippen molar-refractivity contribution >= 4 is 17.7 Å². The Kier molecular flexibility index (Phi) is 12.5. The Morgan fingerprint density at radius 2 is 1.77 bits per heavy atom. The van der Waals surface area contributed by atoms with Gasteiger partial charge < -0.3 is 20.3 Å². The van der Waals surface area contributed by atoms with Gasteiger partial charge in [-0.3, -0.25) is 19.0 Å². The van der Waals surface area contributed by atoms with E-state index in [-0.39, 0.29) is 30.1 Å². The molecule has 6 atom stereocenters. The average molecular weight is 492 g/mol. The van der Waals surface area contributed by atoms with Crippen molar-refractivity contribution < 1.29 is 19.1 Å². The summed E-state index contributed by atoms with van der Waals surface area (Å²) in [5.41, 5.74) is 9.01. The van der Waals surface area contributed by atoms with Crippen LogP contribution in [0.5, 0.6) is 0 Å². The van der Waals surface area contributed by atoms with E-state index in [0.717, 1.165) is 6.42 Å². The molecule has 0 saturated carbocycles. The van der Waals surface area contributed by atoms with Gasteiger partial charge in [0.05, 0.1) is 30.7 Å². The number of rotatable bonds is 14. The minimum atomic E-state index is -1.04. The predicted molar refractivity (Wildman–Crippen MR) is 135 cm³/mol. The topological polar surface area (TPSA) is 141 Å². The van der Waals surface area contributed by atoms with E-state index in [1.54, 1.807) is 38.5 Å². The van der Waals surface area contributed by atoms with Crippen LogP contribution in [0.1, 0.15) is 52.3 Å². The van der Waals surface area contributed by atoms with Crippen LogP contribution in [0.3, 0.4) is 0 Å². The van der Waals surface area contributed by atoms with Gasteiger partial charge in [-0.05, 0) is 36.5 Å². The van der Waals surface area contributed by atoms with Crippen molar-refractivity contribution in [1.29, 1.82) is 0 Å². The van der Waals surface area contributed by atoms with Crippen LogP contribution in [0, 0.1) is 11.8 Å². The zero-order valence-electron chi connectivity index (χ0n) is 22.1. The molecule has 2 N–H and O–H groups in total. The molecule has 0 unspecified atom stereocenters. The quantitative estimate of drug-likeness (QED) is 0.234. The molecular weight excluding hydrogens is 450 g/mol. The highest BCUT2D eigenvalue weighted by Crippen LogP contribution is 2.19. The smallest absolute Gasteiger partial charge is 0.243 e. The van der Waals surface area contributed by atoms with E-state index in [1.165, 1.54) is 23.6 Å². The first-order valence-corrected chi connectivity index (χ1v) is 12.0. The lowest BCUT2D eigenvalue weighted by Gasteiger charge is -2.37. The lowest BCUT2D eigenvalue weighted by atomic mass is 9.91. The number of hydrogen-bond acceptors (Lipinski definition) is 6. The van der Waals surface area contributed by atoms with E-state index >= 15 is 0 Å². The van der Waals surface area contributed by atoms with Gasteiger partial charge in [-0.1, -0.05) is 46.2 Å². The monoisotopic (exact) mass is 491 g/mol. The molecule has 1 rings (SSSR count). The van der Waals surface area contributed by atoms with Crippen LogP contribution in [0.4, 0.5) is 0 Å². The summed E-state index contributed by atoms with van der Waals surface area (Å²) in [5, 5.41) is 9.71. The van der Waals surface area contributed by atoms with Crippen molar-refractivity contribution in [3.05, 3.63) is 35.0 Å². The summed E-state index contributed by atoms with van der Waals surface area (Å²) in [4.78, 5) is 43.7. The third kappa shape index (κ3) is 8.09. The highest BCUT2D eigenvalue weighted by molar-refractivity contribution is 5.90. The molecule has 0 aliphatic heterocycles. The highest BCUT2D eigenvalue weighted by atomic mass is 16.5. The first-order chi connectivity index (χ1) is 16.5. The van der Waals surface area contributed by atoms with Gasteiger partial charge in [0.15, 0.2) is 0 Å². The van der Waals surface area contributed by atoms with Gasteiger partial charge in [-0.15, -0.1) is 0 Å². The van der Waals surface area contributed by atoms with Crippen molar-refractivity contribution in [2.45, 2.75) is 77.7 Å². The van der Waals surface area contributed by atoms with Crippen LogP contribution >= 0.6 is 0 Å². The van der Waals surface area contributed by atoms with E-state index in [4.69, 9.17) is 10.3 Å². The fraction of sp³-hybridized carbons (Fsp3) is 0.708. The number of ether oxygens (including phenoxy) is 1. The minimum absolute atomic E-state index is 0.0149. The SMILES string of the molecule is CC[C@H](C)[C@H](NC(=O)[C@H]([C@H](C)N=[N+]=[N-])N(C)C(=O)[C@@H](NC)C(C)C)[C@@H](CC(=O)n1cccc1)OC. The van der Waals surface area contributed by atoms with E-state index in [9.17, 15) is 14.4 Å². The number of hydrogen-bond donors (Lipinski definition) is 2. The summed E-state index contributed by atoms with van der Waals surface area (Å²) >= 11 is 0. The van der Waals surface area contributed by atoms with E-state index in [2.05, 4.69) is 20.7 Å². The highest BCUT2D eigenvalue weighted by Gasteiger charge is 2.38. The predicted octanol–water partition coefficient (Wildman–Crippen LogP) is 2.83. The number of methoxy groups -OCH3 is 1. The molecule has 2 amide bonds. The number of nitrogens with one attached hydrogen (secondary N) is 2. The summed E-state index contributed by atoms with van der Waals surface area (Å²) in [6.45, 7) is 9.36. The number of azide groups is 1. The summed E-state index contributed by atoms with van der Waals surface area (Å²) in [7, 11) is 4.72. The molecule has 196 valence electrons. The van der Waals surface area contributed by atoms with Crippen molar-refractivity contribution in [2.75, 3.05) is 21.2 Å². The Hall–Kier alpha value is -2.88. The summed E-state index contributed by atoms with van der Waals surface area (Å²) < 4.78 is 7.14. The number of likely N-dealkylation sites (N-methyl/N-ethyl adjacent to an activating group) is 2. The number of carbonyl (C=O) groups is 3. The number of carbonyl (C=O) groups excluding carboxylic acids is 3. The molecule has 0 bridgehead atoms. The molecule has 0 aliphatic carbocycles. The Morgan fingerprint density at radius 1 is 1.17 bits per heavy atom. The van der Waals surface area contributed by atoms with Crippen LogP contribution in [-0.2, 0) is 14.3 Å². The maximum absolute atomic E-state index is 13.6. The standard InChI is InChI=1S/C24H41N7O4/c1-9-16(4)21(18(35-8)14-19(32)31-12-10-11-13-31)27-23(33)22(17(5)28-29-25)30(7)24(34)20(26-6)15(2)3/h10-13,15-18,20-22,26H,9,14H2,1-8H3,(H,27,33)/t16-,17-,18+,20-,21-,22-/m0/s1. The van der Waals surface area contributed by atoms with Gasteiger partial charge in [-0.2, -0.15) is 0 Å². The molecule has 0 spiro atoms. The first-order valence-electron chi connectivity index (χ1n) is 12.0. The Labute approximate surface area is 208 Å². The summed E-state index contributed by atoms with van der Waals surface area (Å²) in [6.07, 6.45) is 3.51. The molecule has 0 saturated heterocycles. The molecule has 1 aromatic rings. The Balaban J connectivity index is 3.25. The third-order valence-electron chi connectivity index (χ3n) is 6.51. The van der Waals surface area contributed by atoms with Gasteiger partial charge in [0.2, 0.25) is 17.7 Å². The van der Waals surface area contributed by atoms with Gasteiger partial charge in [0.25, 0.3) is 0 Å². The number of amides is 2. The second-order valence-electron chi connectivity index (χ2n) is 9.23. The molecule has 1 aromatic heterocycles. The van der Waals surface area contributed by atoms with Gasteiger partial charge in [0, 0.05) is 31.5 Å². The van der Waals surface area contributed by atoms with Crippen LogP contribution in [0.2, 0.25) is 0 Å². The summed E-state index contributed by atoms with van der Waals surface area (Å²) in [6, 6.07) is 0.641. The van der Waals surface area contributed by atoms with E-state index < -0.39 is 36.2 Å². The maximum atomic E-state index is 13.6. The van der Waals surface area contributed by atoms with Crippen LogP contribution in [0.25, 0.3) is 10.4 Å². The largest absolute Gasteiger partial charge is 0.379 e.